The largest absolute Gasteiger partial charge is 0.409 e. The van der Waals surface area contributed by atoms with Crippen LogP contribution in [0.4, 0.5) is 0 Å². The van der Waals surface area contributed by atoms with Gasteiger partial charge in [0.2, 0.25) is 5.91 Å². The van der Waals surface area contributed by atoms with Gasteiger partial charge in [0.1, 0.15) is 0 Å². The lowest BCUT2D eigenvalue weighted by molar-refractivity contribution is -0.124. The smallest absolute Gasteiger partial charge is 0.253 e. The summed E-state index contributed by atoms with van der Waals surface area (Å²) in [6, 6.07) is 6.38. The molecule has 0 bridgehead atoms. The summed E-state index contributed by atoms with van der Waals surface area (Å²) in [6.07, 6.45) is 0. The van der Waals surface area contributed by atoms with E-state index in [0.29, 0.717) is 17.7 Å². The predicted octanol–water partition coefficient (Wildman–Crippen LogP) is 0.235. The number of carbonyl (C=O) groups is 2. The van der Waals surface area contributed by atoms with Gasteiger partial charge in [-0.1, -0.05) is 24.2 Å². The summed E-state index contributed by atoms with van der Waals surface area (Å²) in [4.78, 5) is 25.2. The average Bonchev–Trinajstić information content (AvgIpc) is 2.52. The van der Waals surface area contributed by atoms with Crippen LogP contribution in [-0.2, 0) is 4.79 Å². The highest BCUT2D eigenvalue weighted by Crippen LogP contribution is 2.08. The molecule has 1 rings (SSSR count). The molecule has 0 aliphatic rings. The van der Waals surface area contributed by atoms with Gasteiger partial charge < -0.3 is 21.2 Å². The molecule has 7 nitrogen and oxygen atoms in total. The van der Waals surface area contributed by atoms with Gasteiger partial charge in [0.15, 0.2) is 5.84 Å². The van der Waals surface area contributed by atoms with Gasteiger partial charge in [-0.2, -0.15) is 0 Å². The van der Waals surface area contributed by atoms with E-state index in [2.05, 4.69) is 10.5 Å². The number of hydrogen-bond acceptors (Lipinski definition) is 4. The molecule has 1 unspecified atom stereocenters. The van der Waals surface area contributed by atoms with Crippen LogP contribution >= 0.6 is 0 Å². The monoisotopic (exact) mass is 292 g/mol. The van der Waals surface area contributed by atoms with Gasteiger partial charge in [0.25, 0.3) is 5.91 Å². The first-order chi connectivity index (χ1) is 9.90. The summed E-state index contributed by atoms with van der Waals surface area (Å²) in [5.41, 5.74) is 6.45. The molecule has 0 radical (unpaired) electrons. The summed E-state index contributed by atoms with van der Waals surface area (Å²) < 4.78 is 0. The molecule has 21 heavy (non-hydrogen) atoms. The van der Waals surface area contributed by atoms with Crippen LogP contribution in [-0.4, -0.2) is 48.4 Å². The number of nitrogens with one attached hydrogen (secondary N) is 1. The number of carbonyl (C=O) groups excluding carboxylic acids is 2. The highest BCUT2D eigenvalue weighted by atomic mass is 16.4. The Labute approximate surface area is 123 Å². The molecule has 1 aromatic carbocycles. The lowest BCUT2D eigenvalue weighted by Crippen LogP contribution is -2.37. The third-order valence-corrected chi connectivity index (χ3v) is 3.12. The molecular weight excluding hydrogens is 272 g/mol. The molecule has 0 aliphatic carbocycles. The first kappa shape index (κ1) is 16.5. The van der Waals surface area contributed by atoms with Crippen LogP contribution in [0.15, 0.2) is 29.4 Å². The zero-order valence-corrected chi connectivity index (χ0v) is 12.3. The van der Waals surface area contributed by atoms with Crippen LogP contribution in [0.1, 0.15) is 22.8 Å². The Morgan fingerprint density at radius 1 is 1.33 bits per heavy atom. The molecule has 0 heterocycles. The second-order valence-corrected chi connectivity index (χ2v) is 4.76. The Morgan fingerprint density at radius 3 is 2.33 bits per heavy atom. The minimum absolute atomic E-state index is 0.0180. The van der Waals surface area contributed by atoms with E-state index in [1.54, 1.807) is 45.3 Å². The zero-order valence-electron chi connectivity index (χ0n) is 12.3. The summed E-state index contributed by atoms with van der Waals surface area (Å²) in [7, 11) is 3.20. The summed E-state index contributed by atoms with van der Waals surface area (Å²) in [5.74, 6) is -0.621. The molecule has 0 fully saturated rings. The van der Waals surface area contributed by atoms with Crippen molar-refractivity contribution < 1.29 is 14.8 Å². The van der Waals surface area contributed by atoms with Crippen molar-refractivity contribution >= 4 is 17.6 Å². The fourth-order valence-corrected chi connectivity index (χ4v) is 1.88. The topological polar surface area (TPSA) is 108 Å². The maximum absolute atomic E-state index is 12.2. The predicted molar refractivity (Wildman–Crippen MR) is 79.1 cm³/mol. The molecule has 1 aromatic rings. The normalized spacial score (nSPS) is 12.6. The van der Waals surface area contributed by atoms with Crippen LogP contribution in [0.2, 0.25) is 0 Å². The van der Waals surface area contributed by atoms with Gasteiger partial charge in [-0.15, -0.1) is 0 Å². The van der Waals surface area contributed by atoms with Crippen LogP contribution in [0, 0.1) is 5.92 Å². The number of benzene rings is 1. The molecule has 1 atom stereocenters. The van der Waals surface area contributed by atoms with Gasteiger partial charge in [0, 0.05) is 31.8 Å². The van der Waals surface area contributed by atoms with Crippen molar-refractivity contribution in [2.45, 2.75) is 6.92 Å². The van der Waals surface area contributed by atoms with E-state index in [1.165, 1.54) is 4.90 Å². The van der Waals surface area contributed by atoms with Crippen molar-refractivity contribution in [3.8, 4) is 0 Å². The van der Waals surface area contributed by atoms with E-state index >= 15 is 0 Å². The van der Waals surface area contributed by atoms with Crippen molar-refractivity contribution in [2.75, 3.05) is 20.6 Å². The van der Waals surface area contributed by atoms with E-state index in [1.807, 2.05) is 0 Å². The van der Waals surface area contributed by atoms with Crippen molar-refractivity contribution in [3.05, 3.63) is 35.4 Å². The molecule has 0 spiro atoms. The van der Waals surface area contributed by atoms with Crippen LogP contribution < -0.4 is 11.1 Å². The van der Waals surface area contributed by atoms with Gasteiger partial charge in [-0.05, 0) is 12.1 Å². The third kappa shape index (κ3) is 4.20. The standard InChI is InChI=1S/C14H20N4O3/c1-9(13(19)16-2)8-18(3)14(20)11-6-4-10(5-7-11)12(15)17-21/h4-7,9,21H,8H2,1-3H3,(H2,15,17)(H,16,19). The molecule has 7 heteroatoms. The van der Waals surface area contributed by atoms with Crippen molar-refractivity contribution in [1.29, 1.82) is 0 Å². The molecule has 0 saturated carbocycles. The van der Waals surface area contributed by atoms with Gasteiger partial charge in [-0.3, -0.25) is 9.59 Å². The number of rotatable bonds is 5. The lowest BCUT2D eigenvalue weighted by atomic mass is 10.1. The molecule has 0 aliphatic heterocycles. The third-order valence-electron chi connectivity index (χ3n) is 3.12. The van der Waals surface area contributed by atoms with Crippen molar-refractivity contribution in [2.24, 2.45) is 16.8 Å². The van der Waals surface area contributed by atoms with Gasteiger partial charge in [0.05, 0.1) is 5.92 Å². The quantitative estimate of drug-likeness (QED) is 0.312. The van der Waals surface area contributed by atoms with E-state index in [-0.39, 0.29) is 23.6 Å². The fourth-order valence-electron chi connectivity index (χ4n) is 1.88. The SMILES string of the molecule is CNC(=O)C(C)CN(C)C(=O)c1ccc(/C(N)=N/O)cc1. The first-order valence-corrected chi connectivity index (χ1v) is 6.45. The second-order valence-electron chi connectivity index (χ2n) is 4.76. The maximum Gasteiger partial charge on any atom is 0.253 e. The van der Waals surface area contributed by atoms with Crippen molar-refractivity contribution in [1.82, 2.24) is 10.2 Å². The summed E-state index contributed by atoms with van der Waals surface area (Å²) >= 11 is 0. The lowest BCUT2D eigenvalue weighted by Gasteiger charge is -2.20. The Bertz CT molecular complexity index is 540. The molecule has 2 amide bonds. The Morgan fingerprint density at radius 2 is 1.86 bits per heavy atom. The number of nitrogens with two attached hydrogens (primary N) is 1. The highest BCUT2D eigenvalue weighted by molar-refractivity contribution is 5.99. The van der Waals surface area contributed by atoms with Crippen LogP contribution in [0.3, 0.4) is 0 Å². The molecule has 0 saturated heterocycles. The average molecular weight is 292 g/mol. The minimum Gasteiger partial charge on any atom is -0.409 e. The number of amides is 2. The minimum atomic E-state index is -0.291. The van der Waals surface area contributed by atoms with Gasteiger partial charge in [-0.25, -0.2) is 0 Å². The van der Waals surface area contributed by atoms with Gasteiger partial charge >= 0.3 is 0 Å². The van der Waals surface area contributed by atoms with E-state index in [4.69, 9.17) is 10.9 Å². The molecule has 4 N–H and O–H groups in total. The van der Waals surface area contributed by atoms with E-state index in [9.17, 15) is 9.59 Å². The highest BCUT2D eigenvalue weighted by Gasteiger charge is 2.18. The number of oxime groups is 1. The zero-order chi connectivity index (χ0) is 16.0. The maximum atomic E-state index is 12.2. The molecule has 0 aromatic heterocycles. The van der Waals surface area contributed by atoms with Crippen molar-refractivity contribution in [3.63, 3.8) is 0 Å². The molecular formula is C14H20N4O3. The van der Waals surface area contributed by atoms with E-state index < -0.39 is 0 Å². The van der Waals surface area contributed by atoms with Crippen LogP contribution in [0.5, 0.6) is 0 Å². The van der Waals surface area contributed by atoms with E-state index in [0.717, 1.165) is 0 Å². The summed E-state index contributed by atoms with van der Waals surface area (Å²) in [5, 5.41) is 14.0. The first-order valence-electron chi connectivity index (χ1n) is 6.45. The van der Waals surface area contributed by atoms with Crippen LogP contribution in [0.25, 0.3) is 0 Å². The Hall–Kier alpha value is -2.57. The number of hydrogen-bond donors (Lipinski definition) is 3. The Kier molecular flexibility index (Phi) is 5.71. The summed E-state index contributed by atoms with van der Waals surface area (Å²) in [6.45, 7) is 2.07. The second kappa shape index (κ2) is 7.28. The molecule has 114 valence electrons. The number of nitrogens with zero attached hydrogens (tertiary/aromatic N) is 2. The Balaban J connectivity index is 2.77. The fraction of sp³-hybridized carbons (Fsp3) is 0.357. The number of amidine groups is 1.